The van der Waals surface area contributed by atoms with Crippen molar-refractivity contribution < 1.29 is 9.90 Å². The fourth-order valence-electron chi connectivity index (χ4n) is 0.685. The molecule has 0 aliphatic rings. The number of carboxylic acids is 1. The molecule has 0 aromatic heterocycles. The van der Waals surface area contributed by atoms with Gasteiger partial charge in [0.25, 0.3) is 0 Å². The first-order valence-corrected chi connectivity index (χ1v) is 3.73. The van der Waals surface area contributed by atoms with E-state index in [4.69, 9.17) is 5.11 Å². The summed E-state index contributed by atoms with van der Waals surface area (Å²) in [6, 6.07) is 0. The van der Waals surface area contributed by atoms with Gasteiger partial charge in [0.15, 0.2) is 0 Å². The molecule has 0 heterocycles. The van der Waals surface area contributed by atoms with Gasteiger partial charge in [-0.15, -0.1) is 0 Å². The van der Waals surface area contributed by atoms with Gasteiger partial charge in [0, 0.05) is 5.57 Å². The van der Waals surface area contributed by atoms with Gasteiger partial charge in [-0.25, -0.2) is 4.79 Å². The van der Waals surface area contributed by atoms with Crippen molar-refractivity contribution in [1.29, 1.82) is 0 Å². The Morgan fingerprint density at radius 3 is 2.73 bits per heavy atom. The van der Waals surface area contributed by atoms with Crippen molar-refractivity contribution >= 4 is 5.97 Å². The lowest BCUT2D eigenvalue weighted by molar-refractivity contribution is -0.132. The van der Waals surface area contributed by atoms with E-state index < -0.39 is 5.97 Å². The largest absolute Gasteiger partial charge is 0.478 e. The smallest absolute Gasteiger partial charge is 0.330 e. The second-order valence-corrected chi connectivity index (χ2v) is 2.44. The minimum atomic E-state index is -0.825. The molecular formula is C8H15NO2. The molecule has 2 N–H and O–H groups in total. The van der Waals surface area contributed by atoms with Crippen LogP contribution in [0.3, 0.4) is 0 Å². The Bertz CT molecular complexity index is 152. The highest BCUT2D eigenvalue weighted by atomic mass is 16.4. The lowest BCUT2D eigenvalue weighted by Gasteiger charge is -1.95. The molecule has 3 heteroatoms. The average molecular weight is 157 g/mol. The number of aliphatic carboxylic acids is 1. The summed E-state index contributed by atoms with van der Waals surface area (Å²) in [7, 11) is 1.88. The lowest BCUT2D eigenvalue weighted by atomic mass is 10.2. The van der Waals surface area contributed by atoms with Crippen LogP contribution in [0.5, 0.6) is 0 Å². The molecule has 0 unspecified atom stereocenters. The Hall–Kier alpha value is -0.830. The quantitative estimate of drug-likeness (QED) is 0.462. The van der Waals surface area contributed by atoms with Gasteiger partial charge in [-0.05, 0) is 33.4 Å². The molecule has 0 saturated heterocycles. The monoisotopic (exact) mass is 157 g/mol. The minimum absolute atomic E-state index is 0.432. The van der Waals surface area contributed by atoms with Crippen molar-refractivity contribution in [2.45, 2.75) is 19.8 Å². The van der Waals surface area contributed by atoms with Crippen molar-refractivity contribution in [3.05, 3.63) is 11.6 Å². The maximum Gasteiger partial charge on any atom is 0.330 e. The zero-order valence-corrected chi connectivity index (χ0v) is 7.05. The van der Waals surface area contributed by atoms with Crippen LogP contribution in [0.1, 0.15) is 19.8 Å². The van der Waals surface area contributed by atoms with Crippen LogP contribution < -0.4 is 5.32 Å². The summed E-state index contributed by atoms with van der Waals surface area (Å²) in [6.45, 7) is 2.55. The third kappa shape index (κ3) is 5.61. The Labute approximate surface area is 67.1 Å². The van der Waals surface area contributed by atoms with Gasteiger partial charge in [0.05, 0.1) is 0 Å². The van der Waals surface area contributed by atoms with Gasteiger partial charge in [0.1, 0.15) is 0 Å². The Kier molecular flexibility index (Phi) is 5.47. The second kappa shape index (κ2) is 5.92. The summed E-state index contributed by atoms with van der Waals surface area (Å²) in [6.07, 6.45) is 3.57. The van der Waals surface area contributed by atoms with Crippen molar-refractivity contribution in [3.63, 3.8) is 0 Å². The highest BCUT2D eigenvalue weighted by Gasteiger charge is 1.96. The molecule has 0 rings (SSSR count). The molecule has 0 fully saturated rings. The molecule has 0 spiro atoms. The first kappa shape index (κ1) is 10.2. The third-order valence-corrected chi connectivity index (χ3v) is 1.42. The van der Waals surface area contributed by atoms with Gasteiger partial charge in [-0.2, -0.15) is 0 Å². The predicted octanol–water partition coefficient (Wildman–Crippen LogP) is 1.02. The molecular weight excluding hydrogens is 142 g/mol. The zero-order valence-electron chi connectivity index (χ0n) is 7.05. The van der Waals surface area contributed by atoms with Crippen LogP contribution in [-0.4, -0.2) is 24.7 Å². The number of hydrogen-bond acceptors (Lipinski definition) is 2. The number of carboxylic acid groups (broad SMARTS) is 1. The van der Waals surface area contributed by atoms with E-state index >= 15 is 0 Å². The summed E-state index contributed by atoms with van der Waals surface area (Å²) in [5, 5.41) is 11.4. The van der Waals surface area contributed by atoms with E-state index in [0.717, 1.165) is 19.4 Å². The van der Waals surface area contributed by atoms with Gasteiger partial charge in [0.2, 0.25) is 0 Å². The molecule has 0 amide bonds. The van der Waals surface area contributed by atoms with Crippen molar-refractivity contribution in [3.8, 4) is 0 Å². The fraction of sp³-hybridized carbons (Fsp3) is 0.625. The number of carbonyl (C=O) groups is 1. The Morgan fingerprint density at radius 1 is 1.64 bits per heavy atom. The Morgan fingerprint density at radius 2 is 2.27 bits per heavy atom. The highest BCUT2D eigenvalue weighted by Crippen LogP contribution is 1.97. The summed E-state index contributed by atoms with van der Waals surface area (Å²) >= 11 is 0. The molecule has 0 atom stereocenters. The Balaban J connectivity index is 3.48. The van der Waals surface area contributed by atoms with Crippen LogP contribution in [0, 0.1) is 0 Å². The van der Waals surface area contributed by atoms with Gasteiger partial charge >= 0.3 is 5.97 Å². The molecule has 0 aromatic rings. The lowest BCUT2D eigenvalue weighted by Crippen LogP contribution is -2.06. The maximum atomic E-state index is 10.3. The molecule has 11 heavy (non-hydrogen) atoms. The van der Waals surface area contributed by atoms with Crippen LogP contribution in [0.15, 0.2) is 11.6 Å². The molecule has 0 aliphatic carbocycles. The van der Waals surface area contributed by atoms with Crippen LogP contribution in [-0.2, 0) is 4.79 Å². The van der Waals surface area contributed by atoms with E-state index in [1.807, 2.05) is 7.05 Å². The van der Waals surface area contributed by atoms with Crippen LogP contribution in [0.25, 0.3) is 0 Å². The third-order valence-electron chi connectivity index (χ3n) is 1.42. The van der Waals surface area contributed by atoms with Crippen LogP contribution in [0.4, 0.5) is 0 Å². The normalized spacial score (nSPS) is 11.6. The van der Waals surface area contributed by atoms with Crippen LogP contribution in [0.2, 0.25) is 0 Å². The summed E-state index contributed by atoms with van der Waals surface area (Å²) in [5.41, 5.74) is 0.432. The standard InChI is InChI=1S/C8H15NO2/c1-7(8(10)11)5-3-4-6-9-2/h5,9H,3-4,6H2,1-2H3,(H,10,11). The predicted molar refractivity (Wildman–Crippen MR) is 44.6 cm³/mol. The molecule has 0 bridgehead atoms. The molecule has 3 nitrogen and oxygen atoms in total. The number of unbranched alkanes of at least 4 members (excludes halogenated alkanes) is 1. The first-order chi connectivity index (χ1) is 5.18. The van der Waals surface area contributed by atoms with Crippen molar-refractivity contribution in [2.24, 2.45) is 0 Å². The summed E-state index contributed by atoms with van der Waals surface area (Å²) in [5.74, 6) is -0.825. The number of nitrogens with one attached hydrogen (secondary N) is 1. The molecule has 64 valence electrons. The van der Waals surface area contributed by atoms with E-state index in [9.17, 15) is 4.79 Å². The summed E-state index contributed by atoms with van der Waals surface area (Å²) < 4.78 is 0. The van der Waals surface area contributed by atoms with Crippen LogP contribution >= 0.6 is 0 Å². The topological polar surface area (TPSA) is 49.3 Å². The molecule has 0 radical (unpaired) electrons. The van der Waals surface area contributed by atoms with Crippen molar-refractivity contribution in [1.82, 2.24) is 5.32 Å². The van der Waals surface area contributed by atoms with Crippen molar-refractivity contribution in [2.75, 3.05) is 13.6 Å². The first-order valence-electron chi connectivity index (χ1n) is 3.73. The number of allylic oxidation sites excluding steroid dienone is 1. The SMILES string of the molecule is CNCCCC=C(C)C(=O)O. The van der Waals surface area contributed by atoms with E-state index in [1.165, 1.54) is 0 Å². The van der Waals surface area contributed by atoms with Gasteiger partial charge < -0.3 is 10.4 Å². The molecule has 0 saturated carbocycles. The van der Waals surface area contributed by atoms with E-state index in [2.05, 4.69) is 5.32 Å². The average Bonchev–Trinajstić information content (AvgIpc) is 1.97. The van der Waals surface area contributed by atoms with E-state index in [0.29, 0.717) is 5.57 Å². The fourth-order valence-corrected chi connectivity index (χ4v) is 0.685. The summed E-state index contributed by atoms with van der Waals surface area (Å²) in [4.78, 5) is 10.3. The number of rotatable bonds is 5. The zero-order chi connectivity index (χ0) is 8.69. The van der Waals surface area contributed by atoms with E-state index in [1.54, 1.807) is 13.0 Å². The van der Waals surface area contributed by atoms with Gasteiger partial charge in [-0.1, -0.05) is 6.08 Å². The number of hydrogen-bond donors (Lipinski definition) is 2. The highest BCUT2D eigenvalue weighted by molar-refractivity contribution is 5.85. The molecule has 0 aliphatic heterocycles. The minimum Gasteiger partial charge on any atom is -0.478 e. The molecule has 0 aromatic carbocycles. The second-order valence-electron chi connectivity index (χ2n) is 2.44. The van der Waals surface area contributed by atoms with E-state index in [-0.39, 0.29) is 0 Å². The van der Waals surface area contributed by atoms with Gasteiger partial charge in [-0.3, -0.25) is 0 Å². The maximum absolute atomic E-state index is 10.3.